The van der Waals surface area contributed by atoms with E-state index in [1.165, 1.54) is 0 Å². The number of hydrogen-bond donors (Lipinski definition) is 3. The third-order valence-electron chi connectivity index (χ3n) is 5.30. The monoisotopic (exact) mass is 404 g/mol. The number of aliphatic hydroxyl groups is 3. The van der Waals surface area contributed by atoms with Crippen LogP contribution >= 0.6 is 0 Å². The first-order chi connectivity index (χ1) is 13.0. The van der Waals surface area contributed by atoms with E-state index in [1.807, 2.05) is 6.92 Å². The molecular weight excluding hydrogens is 368 g/mol. The third-order valence-corrected chi connectivity index (χ3v) is 5.30. The number of esters is 2. The van der Waals surface area contributed by atoms with Crippen molar-refractivity contribution >= 4 is 11.9 Å². The molecule has 1 aliphatic rings. The summed E-state index contributed by atoms with van der Waals surface area (Å²) in [4.78, 5) is 28.2. The molecule has 28 heavy (non-hydrogen) atoms. The molecule has 0 spiro atoms. The zero-order valence-corrected chi connectivity index (χ0v) is 17.6. The van der Waals surface area contributed by atoms with E-state index in [-0.39, 0.29) is 38.4 Å². The van der Waals surface area contributed by atoms with E-state index in [0.717, 1.165) is 0 Å². The molecule has 1 rings (SSSR count). The molecule has 0 heterocycles. The molecule has 0 aliphatic heterocycles. The van der Waals surface area contributed by atoms with Crippen LogP contribution < -0.4 is 0 Å². The van der Waals surface area contributed by atoms with Crippen LogP contribution in [0.5, 0.6) is 0 Å². The number of rotatable bonds is 10. The predicted octanol–water partition coefficient (Wildman–Crippen LogP) is -0.364. The molecule has 1 aliphatic carbocycles. The smallest absolute Gasteiger partial charge is 0.309 e. The van der Waals surface area contributed by atoms with E-state index in [4.69, 9.17) is 9.47 Å². The highest BCUT2D eigenvalue weighted by Gasteiger charge is 2.43. The molecular formula is C19H36N2O7. The van der Waals surface area contributed by atoms with E-state index < -0.39 is 42.3 Å². The zero-order chi connectivity index (χ0) is 21.4. The minimum Gasteiger partial charge on any atom is -0.465 e. The van der Waals surface area contributed by atoms with Crippen LogP contribution in [0.2, 0.25) is 0 Å². The number of carbonyl (C=O) groups excluding carboxylic acids is 2. The highest BCUT2D eigenvalue weighted by molar-refractivity contribution is 5.82. The fraction of sp³-hybridized carbons (Fsp3) is 0.895. The number of hydrogen-bond acceptors (Lipinski definition) is 9. The average molecular weight is 405 g/mol. The lowest BCUT2D eigenvalue weighted by atomic mass is 9.73. The molecule has 0 radical (unpaired) electrons. The minimum absolute atomic E-state index is 0.0249. The maximum absolute atomic E-state index is 12.5. The van der Waals surface area contributed by atoms with E-state index in [2.05, 4.69) is 0 Å². The quantitative estimate of drug-likeness (QED) is 0.331. The summed E-state index contributed by atoms with van der Waals surface area (Å²) < 4.78 is 10.5. The van der Waals surface area contributed by atoms with Gasteiger partial charge in [0, 0.05) is 12.8 Å². The van der Waals surface area contributed by atoms with Gasteiger partial charge in [0.1, 0.15) is 12.5 Å². The van der Waals surface area contributed by atoms with Gasteiger partial charge in [-0.1, -0.05) is 6.92 Å². The van der Waals surface area contributed by atoms with Crippen LogP contribution in [0.4, 0.5) is 0 Å². The summed E-state index contributed by atoms with van der Waals surface area (Å²) in [6.07, 6.45) is -1.16. The van der Waals surface area contributed by atoms with Gasteiger partial charge in [0.05, 0.1) is 31.2 Å². The number of aliphatic hydroxyl groups excluding tert-OH is 3. The van der Waals surface area contributed by atoms with Crippen LogP contribution in [-0.2, 0) is 19.1 Å². The van der Waals surface area contributed by atoms with Crippen molar-refractivity contribution < 1.29 is 34.4 Å². The summed E-state index contributed by atoms with van der Waals surface area (Å²) in [5, 5.41) is 29.6. The minimum atomic E-state index is -0.783. The Labute approximate surface area is 167 Å². The van der Waals surface area contributed by atoms with Crippen LogP contribution in [0.1, 0.15) is 32.6 Å². The van der Waals surface area contributed by atoms with E-state index in [0.29, 0.717) is 6.42 Å². The van der Waals surface area contributed by atoms with Crippen molar-refractivity contribution in [2.45, 2.75) is 51.2 Å². The second-order valence-electron chi connectivity index (χ2n) is 8.03. The number of nitrogens with zero attached hydrogens (tertiary/aromatic N) is 2. The van der Waals surface area contributed by atoms with Crippen molar-refractivity contribution in [3.05, 3.63) is 0 Å². The highest BCUT2D eigenvalue weighted by Crippen LogP contribution is 2.35. The summed E-state index contributed by atoms with van der Waals surface area (Å²) >= 11 is 0. The molecule has 1 fully saturated rings. The summed E-state index contributed by atoms with van der Waals surface area (Å²) in [6.45, 7) is 1.90. The Balaban J connectivity index is 2.63. The Bertz CT molecular complexity index is 457. The highest BCUT2D eigenvalue weighted by atomic mass is 16.5. The number of ether oxygens (including phenoxy) is 2. The van der Waals surface area contributed by atoms with Gasteiger partial charge in [-0.25, -0.2) is 0 Å². The van der Waals surface area contributed by atoms with Crippen LogP contribution in [0.25, 0.3) is 0 Å². The zero-order valence-electron chi connectivity index (χ0n) is 17.6. The van der Waals surface area contributed by atoms with Gasteiger partial charge in [-0.05, 0) is 47.0 Å². The molecule has 0 aromatic rings. The molecule has 3 N–H and O–H groups in total. The summed E-state index contributed by atoms with van der Waals surface area (Å²) in [6, 6.07) is 0. The van der Waals surface area contributed by atoms with Crippen molar-refractivity contribution in [2.24, 2.45) is 17.8 Å². The van der Waals surface area contributed by atoms with Crippen molar-refractivity contribution in [1.29, 1.82) is 0 Å². The van der Waals surface area contributed by atoms with Crippen LogP contribution in [0.15, 0.2) is 0 Å². The van der Waals surface area contributed by atoms with Gasteiger partial charge in [-0.15, -0.1) is 0 Å². The van der Waals surface area contributed by atoms with Gasteiger partial charge >= 0.3 is 11.9 Å². The lowest BCUT2D eigenvalue weighted by molar-refractivity contribution is -0.168. The third kappa shape index (κ3) is 7.63. The molecule has 0 amide bonds. The topological polar surface area (TPSA) is 120 Å². The van der Waals surface area contributed by atoms with Crippen molar-refractivity contribution in [3.63, 3.8) is 0 Å². The van der Waals surface area contributed by atoms with Crippen LogP contribution in [0, 0.1) is 17.8 Å². The van der Waals surface area contributed by atoms with Gasteiger partial charge in [-0.2, -0.15) is 0 Å². The summed E-state index contributed by atoms with van der Waals surface area (Å²) in [5.41, 5.74) is 0. The van der Waals surface area contributed by atoms with E-state index in [1.54, 1.807) is 38.0 Å². The molecule has 6 unspecified atom stereocenters. The lowest BCUT2D eigenvalue weighted by Crippen LogP contribution is -2.43. The van der Waals surface area contributed by atoms with Gasteiger partial charge in [0.15, 0.2) is 0 Å². The van der Waals surface area contributed by atoms with Gasteiger partial charge in [0.25, 0.3) is 0 Å². The maximum Gasteiger partial charge on any atom is 0.309 e. The molecule has 9 nitrogen and oxygen atoms in total. The Morgan fingerprint density at radius 3 is 1.68 bits per heavy atom. The molecule has 9 heteroatoms. The Kier molecular flexibility index (Phi) is 10.3. The first kappa shape index (κ1) is 24.8. The average Bonchev–Trinajstić information content (AvgIpc) is 2.62. The fourth-order valence-corrected chi connectivity index (χ4v) is 3.16. The van der Waals surface area contributed by atoms with Crippen molar-refractivity contribution in [1.82, 2.24) is 9.80 Å². The first-order valence-corrected chi connectivity index (χ1v) is 9.74. The van der Waals surface area contributed by atoms with Crippen molar-refractivity contribution in [2.75, 3.05) is 41.4 Å². The van der Waals surface area contributed by atoms with Crippen LogP contribution in [-0.4, -0.2) is 97.0 Å². The normalized spacial score (nSPS) is 27.5. The van der Waals surface area contributed by atoms with Gasteiger partial charge in [0.2, 0.25) is 0 Å². The molecule has 0 aromatic heterocycles. The molecule has 0 aromatic carbocycles. The predicted molar refractivity (Wildman–Crippen MR) is 102 cm³/mol. The maximum atomic E-state index is 12.5. The molecule has 164 valence electrons. The largest absolute Gasteiger partial charge is 0.465 e. The summed E-state index contributed by atoms with van der Waals surface area (Å²) in [5.74, 6) is -2.69. The Morgan fingerprint density at radius 2 is 1.29 bits per heavy atom. The second kappa shape index (κ2) is 11.7. The Morgan fingerprint density at radius 1 is 0.893 bits per heavy atom. The number of carbonyl (C=O) groups is 2. The molecule has 1 saturated carbocycles. The first-order valence-electron chi connectivity index (χ1n) is 9.74. The second-order valence-corrected chi connectivity index (χ2v) is 8.03. The lowest BCUT2D eigenvalue weighted by Gasteiger charge is -2.35. The van der Waals surface area contributed by atoms with E-state index in [9.17, 15) is 24.9 Å². The van der Waals surface area contributed by atoms with Crippen molar-refractivity contribution in [3.8, 4) is 0 Å². The van der Waals surface area contributed by atoms with E-state index >= 15 is 0 Å². The van der Waals surface area contributed by atoms with Gasteiger partial charge < -0.3 is 24.8 Å². The summed E-state index contributed by atoms with van der Waals surface area (Å²) in [7, 11) is 6.86. The van der Waals surface area contributed by atoms with Crippen LogP contribution in [0.3, 0.4) is 0 Å². The molecule has 0 bridgehead atoms. The molecule has 6 atom stereocenters. The SMILES string of the molecule is CC1CC(C(=O)OCCC(O)N(C)C)C(C(=O)OCCC(O)N(C)C)CC1O. The fourth-order valence-electron chi connectivity index (χ4n) is 3.16. The Hall–Kier alpha value is -1.26. The molecule has 0 saturated heterocycles. The van der Waals surface area contributed by atoms with Gasteiger partial charge in [-0.3, -0.25) is 19.4 Å². The standard InChI is InChI=1S/C19H36N2O7/c1-12-10-13(18(25)27-8-6-16(23)20(2)3)14(11-15(12)22)19(26)28-9-7-17(24)21(4)5/h12-17,22-24H,6-11H2,1-5H3.